The van der Waals surface area contributed by atoms with Gasteiger partial charge in [0.15, 0.2) is 0 Å². The molecule has 0 radical (unpaired) electrons. The smallest absolute Gasteiger partial charge is 0.328 e. The topological polar surface area (TPSA) is 74.6 Å². The molecule has 1 rings (SSSR count). The van der Waals surface area contributed by atoms with Crippen molar-refractivity contribution in [2.75, 3.05) is 0 Å². The van der Waals surface area contributed by atoms with E-state index in [0.717, 1.165) is 0 Å². The van der Waals surface area contributed by atoms with E-state index >= 15 is 0 Å². The Balaban J connectivity index is 0.000000249. The maximum atomic E-state index is 9.55. The van der Waals surface area contributed by atoms with Crippen LogP contribution in [0.15, 0.2) is 36.0 Å². The van der Waals surface area contributed by atoms with Gasteiger partial charge >= 0.3 is 11.9 Å². The number of allylic oxidation sites excluding steroid dienone is 4. The molecule has 0 atom stereocenters. The van der Waals surface area contributed by atoms with E-state index in [0.29, 0.717) is 12.2 Å². The quantitative estimate of drug-likeness (QED) is 0.658. The van der Waals surface area contributed by atoms with Crippen LogP contribution in [0.4, 0.5) is 0 Å². The van der Waals surface area contributed by atoms with Gasteiger partial charge in [0.05, 0.1) is 0 Å². The maximum Gasteiger partial charge on any atom is 0.328 e. The maximum absolute atomic E-state index is 9.55. The number of hydrogen-bond donors (Lipinski definition) is 2. The van der Waals surface area contributed by atoms with E-state index in [1.54, 1.807) is 0 Å². The van der Waals surface area contributed by atoms with Crippen LogP contribution >= 0.6 is 0 Å². The number of aliphatic carboxylic acids is 2. The first-order valence-electron chi connectivity index (χ1n) is 3.98. The predicted octanol–water partition coefficient (Wildman–Crippen LogP) is 1.60. The zero-order valence-corrected chi connectivity index (χ0v) is 7.80. The van der Waals surface area contributed by atoms with Crippen LogP contribution in [-0.4, -0.2) is 22.2 Å². The minimum Gasteiger partial charge on any atom is -0.478 e. The Bertz CT molecular complexity index is 281. The summed E-state index contributed by atoms with van der Waals surface area (Å²) in [4.78, 5) is 19.1. The molecule has 2 N–H and O–H groups in total. The molecule has 4 nitrogen and oxygen atoms in total. The molecule has 0 bridgehead atoms. The number of hydrogen-bond acceptors (Lipinski definition) is 2. The predicted molar refractivity (Wildman–Crippen MR) is 51.9 cm³/mol. The second kappa shape index (κ2) is 6.65. The van der Waals surface area contributed by atoms with Crippen LogP contribution in [0, 0.1) is 0 Å². The SMILES string of the molecule is CC1=CC=CC1.O=C(O)/C=C\C(=O)O. The van der Waals surface area contributed by atoms with Gasteiger partial charge in [0.25, 0.3) is 0 Å². The highest BCUT2D eigenvalue weighted by atomic mass is 16.4. The minimum absolute atomic E-state index is 0.558. The third kappa shape index (κ3) is 8.26. The van der Waals surface area contributed by atoms with Gasteiger partial charge in [-0.2, -0.15) is 0 Å². The number of carboxylic acids is 2. The molecule has 4 heteroatoms. The summed E-state index contributed by atoms with van der Waals surface area (Å²) in [7, 11) is 0. The van der Waals surface area contributed by atoms with Crippen LogP contribution in [-0.2, 0) is 9.59 Å². The Kier molecular flexibility index (Phi) is 5.78. The highest BCUT2D eigenvalue weighted by Gasteiger charge is 1.88. The van der Waals surface area contributed by atoms with Crippen molar-refractivity contribution in [2.45, 2.75) is 13.3 Å². The van der Waals surface area contributed by atoms with Gasteiger partial charge in [-0.1, -0.05) is 23.8 Å². The lowest BCUT2D eigenvalue weighted by Crippen LogP contribution is -1.91. The fraction of sp³-hybridized carbons (Fsp3) is 0.200. The molecule has 0 aromatic rings. The summed E-state index contributed by atoms with van der Waals surface area (Å²) in [5.41, 5.74) is 1.47. The first-order chi connectivity index (χ1) is 6.52. The van der Waals surface area contributed by atoms with Crippen molar-refractivity contribution in [3.05, 3.63) is 36.0 Å². The van der Waals surface area contributed by atoms with E-state index in [9.17, 15) is 9.59 Å². The number of carbonyl (C=O) groups is 2. The van der Waals surface area contributed by atoms with Gasteiger partial charge in [-0.3, -0.25) is 0 Å². The average molecular weight is 196 g/mol. The van der Waals surface area contributed by atoms with Crippen molar-refractivity contribution < 1.29 is 19.8 Å². The fourth-order valence-electron chi connectivity index (χ4n) is 0.697. The van der Waals surface area contributed by atoms with E-state index in [-0.39, 0.29) is 0 Å². The highest BCUT2D eigenvalue weighted by molar-refractivity contribution is 5.89. The fourth-order valence-corrected chi connectivity index (χ4v) is 0.697. The molecular formula is C10H12O4. The van der Waals surface area contributed by atoms with Gasteiger partial charge in [0.1, 0.15) is 0 Å². The van der Waals surface area contributed by atoms with E-state index in [1.807, 2.05) is 0 Å². The summed E-state index contributed by atoms with van der Waals surface area (Å²) >= 11 is 0. The van der Waals surface area contributed by atoms with Crippen molar-refractivity contribution in [1.82, 2.24) is 0 Å². The third-order valence-corrected chi connectivity index (χ3v) is 1.33. The molecule has 0 heterocycles. The lowest BCUT2D eigenvalue weighted by Gasteiger charge is -1.78. The van der Waals surface area contributed by atoms with Crippen molar-refractivity contribution >= 4 is 11.9 Å². The molecule has 14 heavy (non-hydrogen) atoms. The van der Waals surface area contributed by atoms with Crippen LogP contribution in [0.5, 0.6) is 0 Å². The van der Waals surface area contributed by atoms with Crippen molar-refractivity contribution in [1.29, 1.82) is 0 Å². The standard InChI is InChI=1S/C6H8.C4H4O4/c1-6-4-2-3-5-6;5-3(6)1-2-4(7)8/h2-4H,5H2,1H3;1-2H,(H,5,6)(H,7,8)/b;2-1-. The normalized spacial score (nSPS) is 13.4. The summed E-state index contributed by atoms with van der Waals surface area (Å²) in [6.07, 6.45) is 8.68. The second-order valence-corrected chi connectivity index (χ2v) is 2.66. The second-order valence-electron chi connectivity index (χ2n) is 2.66. The van der Waals surface area contributed by atoms with Gasteiger partial charge in [-0.25, -0.2) is 9.59 Å². The number of rotatable bonds is 2. The molecule has 0 amide bonds. The zero-order valence-electron chi connectivity index (χ0n) is 7.80. The van der Waals surface area contributed by atoms with Gasteiger partial charge in [-0.15, -0.1) is 0 Å². The van der Waals surface area contributed by atoms with Crippen LogP contribution in [0.25, 0.3) is 0 Å². The van der Waals surface area contributed by atoms with Crippen molar-refractivity contribution in [2.24, 2.45) is 0 Å². The Morgan fingerprint density at radius 2 is 1.79 bits per heavy atom. The van der Waals surface area contributed by atoms with E-state index in [4.69, 9.17) is 10.2 Å². The molecule has 1 aliphatic carbocycles. The van der Waals surface area contributed by atoms with E-state index in [2.05, 4.69) is 25.2 Å². The number of carboxylic acid groups (broad SMARTS) is 2. The Hall–Kier alpha value is -1.84. The van der Waals surface area contributed by atoms with Crippen LogP contribution in [0.2, 0.25) is 0 Å². The van der Waals surface area contributed by atoms with Gasteiger partial charge < -0.3 is 10.2 Å². The van der Waals surface area contributed by atoms with Gasteiger partial charge in [0.2, 0.25) is 0 Å². The molecule has 0 unspecified atom stereocenters. The zero-order chi connectivity index (χ0) is 11.0. The summed E-state index contributed by atoms with van der Waals surface area (Å²) in [5.74, 6) is -2.51. The molecule has 0 spiro atoms. The molecule has 0 fully saturated rings. The first-order valence-corrected chi connectivity index (χ1v) is 3.98. The lowest BCUT2D eigenvalue weighted by atomic mass is 10.3. The van der Waals surface area contributed by atoms with Gasteiger partial charge in [0, 0.05) is 12.2 Å². The van der Waals surface area contributed by atoms with E-state index < -0.39 is 11.9 Å². The van der Waals surface area contributed by atoms with Crippen LogP contribution in [0.1, 0.15) is 13.3 Å². The highest BCUT2D eigenvalue weighted by Crippen LogP contribution is 2.06. The molecular weight excluding hydrogens is 184 g/mol. The third-order valence-electron chi connectivity index (χ3n) is 1.33. The molecule has 0 saturated heterocycles. The average Bonchev–Trinajstić information content (AvgIpc) is 2.53. The van der Waals surface area contributed by atoms with E-state index in [1.165, 1.54) is 12.0 Å². The molecule has 1 aliphatic rings. The van der Waals surface area contributed by atoms with Crippen molar-refractivity contribution in [3.63, 3.8) is 0 Å². The summed E-state index contributed by atoms with van der Waals surface area (Å²) in [6.45, 7) is 2.14. The lowest BCUT2D eigenvalue weighted by molar-refractivity contribution is -0.134. The first kappa shape index (κ1) is 12.2. The molecule has 0 aliphatic heterocycles. The monoisotopic (exact) mass is 196 g/mol. The van der Waals surface area contributed by atoms with Crippen molar-refractivity contribution in [3.8, 4) is 0 Å². The summed E-state index contributed by atoms with van der Waals surface area (Å²) in [5, 5.41) is 15.6. The van der Waals surface area contributed by atoms with Gasteiger partial charge in [-0.05, 0) is 13.3 Å². The Morgan fingerprint density at radius 1 is 1.29 bits per heavy atom. The summed E-state index contributed by atoms with van der Waals surface area (Å²) < 4.78 is 0. The summed E-state index contributed by atoms with van der Waals surface area (Å²) in [6, 6.07) is 0. The molecule has 0 aromatic carbocycles. The Labute approximate surface area is 81.9 Å². The molecule has 0 saturated carbocycles. The van der Waals surface area contributed by atoms with Crippen LogP contribution in [0.3, 0.4) is 0 Å². The molecule has 76 valence electrons. The van der Waals surface area contributed by atoms with Crippen LogP contribution < -0.4 is 0 Å². The largest absolute Gasteiger partial charge is 0.478 e. The molecule has 0 aromatic heterocycles. The minimum atomic E-state index is -1.26. The Morgan fingerprint density at radius 3 is 1.93 bits per heavy atom.